The SMILES string of the molecule is CC1(c2ccc(C(=O)N3CCc4n[nH]nc4C3)cc2)NC(=O)NC1=O. The summed E-state index contributed by atoms with van der Waals surface area (Å²) in [5.41, 5.74) is 1.69. The molecule has 1 aromatic carbocycles. The molecule has 4 rings (SSSR count). The molecule has 1 fully saturated rings. The number of aromatic amines is 1. The van der Waals surface area contributed by atoms with E-state index in [4.69, 9.17) is 0 Å². The van der Waals surface area contributed by atoms with Gasteiger partial charge in [0.25, 0.3) is 11.8 Å². The van der Waals surface area contributed by atoms with Crippen molar-refractivity contribution >= 4 is 17.8 Å². The molecular formula is C16H16N6O3. The van der Waals surface area contributed by atoms with Gasteiger partial charge in [0.05, 0.1) is 12.2 Å². The van der Waals surface area contributed by atoms with E-state index < -0.39 is 17.5 Å². The van der Waals surface area contributed by atoms with E-state index in [1.54, 1.807) is 36.1 Å². The first-order chi connectivity index (χ1) is 12.0. The second-order valence-corrected chi connectivity index (χ2v) is 6.30. The van der Waals surface area contributed by atoms with Crippen LogP contribution in [-0.2, 0) is 23.3 Å². The van der Waals surface area contributed by atoms with Crippen LogP contribution < -0.4 is 10.6 Å². The second-order valence-electron chi connectivity index (χ2n) is 6.30. The number of imide groups is 1. The molecule has 9 heteroatoms. The Bertz CT molecular complexity index is 874. The first kappa shape index (κ1) is 15.3. The summed E-state index contributed by atoms with van der Waals surface area (Å²) in [7, 11) is 0. The lowest BCUT2D eigenvalue weighted by Crippen LogP contribution is -2.40. The Morgan fingerprint density at radius 2 is 1.88 bits per heavy atom. The first-order valence-electron chi connectivity index (χ1n) is 7.89. The molecule has 128 valence electrons. The van der Waals surface area contributed by atoms with Crippen LogP contribution >= 0.6 is 0 Å². The lowest BCUT2D eigenvalue weighted by Gasteiger charge is -2.26. The third-order valence-corrected chi connectivity index (χ3v) is 4.70. The lowest BCUT2D eigenvalue weighted by atomic mass is 9.91. The molecule has 25 heavy (non-hydrogen) atoms. The van der Waals surface area contributed by atoms with Gasteiger partial charge in [-0.05, 0) is 24.6 Å². The summed E-state index contributed by atoms with van der Waals surface area (Å²) in [6, 6.07) is 6.18. The highest BCUT2D eigenvalue weighted by Crippen LogP contribution is 2.25. The first-order valence-corrected chi connectivity index (χ1v) is 7.89. The highest BCUT2D eigenvalue weighted by Gasteiger charge is 2.43. The number of carbonyl (C=O) groups is 3. The summed E-state index contributed by atoms with van der Waals surface area (Å²) < 4.78 is 0. The fraction of sp³-hybridized carbons (Fsp3) is 0.312. The molecule has 4 amide bonds. The topological polar surface area (TPSA) is 120 Å². The summed E-state index contributed by atoms with van der Waals surface area (Å²) in [5.74, 6) is -0.517. The van der Waals surface area contributed by atoms with Crippen LogP contribution in [0.4, 0.5) is 4.79 Å². The number of urea groups is 1. The monoisotopic (exact) mass is 340 g/mol. The zero-order chi connectivity index (χ0) is 17.6. The minimum Gasteiger partial charge on any atom is -0.332 e. The van der Waals surface area contributed by atoms with Crippen molar-refractivity contribution in [2.75, 3.05) is 6.54 Å². The normalized spacial score (nSPS) is 22.4. The molecule has 0 spiro atoms. The minimum absolute atomic E-state index is 0.106. The Hall–Kier alpha value is -3.23. The van der Waals surface area contributed by atoms with Crippen molar-refractivity contribution in [2.45, 2.75) is 25.4 Å². The van der Waals surface area contributed by atoms with Gasteiger partial charge in [-0.15, -0.1) is 0 Å². The number of rotatable bonds is 2. The Morgan fingerprint density at radius 1 is 1.16 bits per heavy atom. The summed E-state index contributed by atoms with van der Waals surface area (Å²) in [5, 5.41) is 15.5. The lowest BCUT2D eigenvalue weighted by molar-refractivity contribution is -0.123. The van der Waals surface area contributed by atoms with E-state index in [2.05, 4.69) is 26.0 Å². The van der Waals surface area contributed by atoms with Crippen LogP contribution in [0.15, 0.2) is 24.3 Å². The Morgan fingerprint density at radius 3 is 2.56 bits per heavy atom. The van der Waals surface area contributed by atoms with E-state index in [0.717, 1.165) is 11.4 Å². The van der Waals surface area contributed by atoms with Gasteiger partial charge in [-0.2, -0.15) is 15.4 Å². The van der Waals surface area contributed by atoms with Gasteiger partial charge in [0.2, 0.25) is 0 Å². The van der Waals surface area contributed by atoms with E-state index in [0.29, 0.717) is 30.6 Å². The maximum absolute atomic E-state index is 12.7. The summed E-state index contributed by atoms with van der Waals surface area (Å²) in [4.78, 5) is 37.8. The maximum atomic E-state index is 12.7. The number of nitrogens with zero attached hydrogens (tertiary/aromatic N) is 3. The molecule has 1 atom stereocenters. The van der Waals surface area contributed by atoms with E-state index >= 15 is 0 Å². The van der Waals surface area contributed by atoms with Crippen LogP contribution in [0.25, 0.3) is 0 Å². The number of hydrogen-bond acceptors (Lipinski definition) is 5. The zero-order valence-corrected chi connectivity index (χ0v) is 13.5. The number of aromatic nitrogens is 3. The number of fused-ring (bicyclic) bond motifs is 1. The molecule has 0 saturated carbocycles. The van der Waals surface area contributed by atoms with Crippen LogP contribution in [0.5, 0.6) is 0 Å². The molecule has 9 nitrogen and oxygen atoms in total. The Kier molecular flexibility index (Phi) is 3.31. The second kappa shape index (κ2) is 5.40. The number of carbonyl (C=O) groups excluding carboxylic acids is 3. The fourth-order valence-electron chi connectivity index (χ4n) is 3.15. The standard InChI is InChI=1S/C16H16N6O3/c1-16(14(24)17-15(25)18-16)10-4-2-9(3-5-10)13(23)22-7-6-11-12(8-22)20-21-19-11/h2-5H,6-8H2,1H3,(H,19,20,21)(H2,17,18,24,25). The zero-order valence-electron chi connectivity index (χ0n) is 13.5. The number of H-pyrrole nitrogens is 1. The summed E-state index contributed by atoms with van der Waals surface area (Å²) >= 11 is 0. The van der Waals surface area contributed by atoms with Crippen LogP contribution in [0.1, 0.15) is 34.2 Å². The molecule has 0 radical (unpaired) electrons. The minimum atomic E-state index is -1.13. The third-order valence-electron chi connectivity index (χ3n) is 4.70. The predicted molar refractivity (Wildman–Crippen MR) is 85.3 cm³/mol. The molecule has 1 unspecified atom stereocenters. The summed E-state index contributed by atoms with van der Waals surface area (Å²) in [6.45, 7) is 2.62. The van der Waals surface area contributed by atoms with Gasteiger partial charge < -0.3 is 10.2 Å². The van der Waals surface area contributed by atoms with E-state index in [9.17, 15) is 14.4 Å². The average Bonchev–Trinajstić information content (AvgIpc) is 3.18. The molecule has 2 aliphatic rings. The van der Waals surface area contributed by atoms with Crippen LogP contribution in [0.2, 0.25) is 0 Å². The van der Waals surface area contributed by atoms with Gasteiger partial charge in [0.1, 0.15) is 11.2 Å². The molecule has 2 aliphatic heterocycles. The molecule has 0 aliphatic carbocycles. The average molecular weight is 340 g/mol. The van der Waals surface area contributed by atoms with Gasteiger partial charge in [-0.25, -0.2) is 4.79 Å². The highest BCUT2D eigenvalue weighted by atomic mass is 16.2. The van der Waals surface area contributed by atoms with Crippen LogP contribution in [0, 0.1) is 0 Å². The number of nitrogens with one attached hydrogen (secondary N) is 3. The molecule has 0 bridgehead atoms. The van der Waals surface area contributed by atoms with Gasteiger partial charge in [-0.3, -0.25) is 14.9 Å². The van der Waals surface area contributed by atoms with Crippen molar-refractivity contribution in [3.63, 3.8) is 0 Å². The van der Waals surface area contributed by atoms with Crippen molar-refractivity contribution < 1.29 is 14.4 Å². The highest BCUT2D eigenvalue weighted by molar-refractivity contribution is 6.07. The fourth-order valence-corrected chi connectivity index (χ4v) is 3.15. The summed E-state index contributed by atoms with van der Waals surface area (Å²) in [6.07, 6.45) is 0.667. The molecule has 3 heterocycles. The van der Waals surface area contributed by atoms with Crippen LogP contribution in [0.3, 0.4) is 0 Å². The quantitative estimate of drug-likeness (QED) is 0.668. The van der Waals surface area contributed by atoms with E-state index in [-0.39, 0.29) is 5.91 Å². The number of amides is 4. The Labute approximate surface area is 142 Å². The molecule has 2 aromatic rings. The predicted octanol–water partition coefficient (Wildman–Crippen LogP) is 0.0578. The number of hydrogen-bond donors (Lipinski definition) is 3. The molecule has 3 N–H and O–H groups in total. The molecule has 1 saturated heterocycles. The largest absolute Gasteiger partial charge is 0.332 e. The maximum Gasteiger partial charge on any atom is 0.322 e. The van der Waals surface area contributed by atoms with Gasteiger partial charge >= 0.3 is 6.03 Å². The van der Waals surface area contributed by atoms with Crippen molar-refractivity contribution in [1.29, 1.82) is 0 Å². The third kappa shape index (κ3) is 2.44. The van der Waals surface area contributed by atoms with Gasteiger partial charge in [-0.1, -0.05) is 12.1 Å². The van der Waals surface area contributed by atoms with Crippen LogP contribution in [-0.4, -0.2) is 44.7 Å². The van der Waals surface area contributed by atoms with Crippen molar-refractivity contribution in [1.82, 2.24) is 30.9 Å². The molecular weight excluding hydrogens is 324 g/mol. The van der Waals surface area contributed by atoms with Gasteiger partial charge in [0.15, 0.2) is 0 Å². The van der Waals surface area contributed by atoms with E-state index in [1.165, 1.54) is 0 Å². The van der Waals surface area contributed by atoms with Crippen molar-refractivity contribution in [3.05, 3.63) is 46.8 Å². The number of benzene rings is 1. The smallest absolute Gasteiger partial charge is 0.322 e. The van der Waals surface area contributed by atoms with Crippen molar-refractivity contribution in [3.8, 4) is 0 Å². The van der Waals surface area contributed by atoms with E-state index in [1.807, 2.05) is 0 Å². The van der Waals surface area contributed by atoms with Gasteiger partial charge in [0, 0.05) is 18.5 Å². The molecule has 1 aromatic heterocycles. The Balaban J connectivity index is 1.54. The van der Waals surface area contributed by atoms with Crippen molar-refractivity contribution in [2.24, 2.45) is 0 Å².